The van der Waals surface area contributed by atoms with E-state index < -0.39 is 5.82 Å². The van der Waals surface area contributed by atoms with Gasteiger partial charge in [-0.3, -0.25) is 9.69 Å². The number of hydrogen-bond donors (Lipinski definition) is 1. The number of carbonyl (C=O) groups excluding carboxylic acids is 1. The number of hydrogen-bond acceptors (Lipinski definition) is 5. The first-order valence-electron chi connectivity index (χ1n) is 9.60. The van der Waals surface area contributed by atoms with Crippen molar-refractivity contribution in [3.05, 3.63) is 53.3 Å². The first-order valence-corrected chi connectivity index (χ1v) is 9.97. The zero-order valence-electron chi connectivity index (χ0n) is 16.5. The van der Waals surface area contributed by atoms with E-state index in [-0.39, 0.29) is 28.3 Å². The summed E-state index contributed by atoms with van der Waals surface area (Å²) < 4.78 is 26.2. The van der Waals surface area contributed by atoms with Gasteiger partial charge in [0.1, 0.15) is 29.7 Å². The lowest BCUT2D eigenvalue weighted by molar-refractivity contribution is -0.129. The third-order valence-corrected chi connectivity index (χ3v) is 6.01. The Morgan fingerprint density at radius 2 is 2.23 bits per heavy atom. The van der Waals surface area contributed by atoms with Crippen molar-refractivity contribution in [2.75, 3.05) is 33.4 Å². The summed E-state index contributed by atoms with van der Waals surface area (Å²) in [5, 5.41) is 10.4. The van der Waals surface area contributed by atoms with Crippen LogP contribution < -0.4 is 9.47 Å². The van der Waals surface area contributed by atoms with Gasteiger partial charge in [0.2, 0.25) is 5.91 Å². The molecule has 1 N–H and O–H groups in total. The lowest BCUT2D eigenvalue weighted by Gasteiger charge is -2.39. The number of piperazine rings is 1. The minimum Gasteiger partial charge on any atom is -0.507 e. The molecule has 0 saturated carbocycles. The number of halogens is 2. The molecule has 1 saturated heterocycles. The zero-order chi connectivity index (χ0) is 21.4. The topological polar surface area (TPSA) is 62.2 Å². The Balaban J connectivity index is 1.75. The first kappa shape index (κ1) is 20.5. The third-order valence-electron chi connectivity index (χ3n) is 5.64. The van der Waals surface area contributed by atoms with Crippen molar-refractivity contribution < 1.29 is 23.8 Å². The van der Waals surface area contributed by atoms with Gasteiger partial charge in [-0.25, -0.2) is 4.39 Å². The summed E-state index contributed by atoms with van der Waals surface area (Å²) in [5.41, 5.74) is 1.05. The maximum Gasteiger partial charge on any atom is 0.246 e. The van der Waals surface area contributed by atoms with Crippen LogP contribution in [0.2, 0.25) is 5.02 Å². The molecule has 0 aliphatic carbocycles. The number of carbonyl (C=O) groups is 1. The Hall–Kier alpha value is -2.77. The van der Waals surface area contributed by atoms with Crippen LogP contribution in [0, 0.1) is 5.82 Å². The predicted octanol–water partition coefficient (Wildman–Crippen LogP) is 3.45. The van der Waals surface area contributed by atoms with Crippen molar-refractivity contribution in [2.24, 2.45) is 0 Å². The van der Waals surface area contributed by atoms with Crippen LogP contribution in [-0.2, 0) is 11.3 Å². The van der Waals surface area contributed by atoms with Crippen LogP contribution in [0.3, 0.4) is 0 Å². The van der Waals surface area contributed by atoms with Gasteiger partial charge >= 0.3 is 0 Å². The molecule has 0 unspecified atom stereocenters. The van der Waals surface area contributed by atoms with Crippen LogP contribution in [0.1, 0.15) is 5.56 Å². The van der Waals surface area contributed by atoms with Crippen molar-refractivity contribution in [1.29, 1.82) is 0 Å². The summed E-state index contributed by atoms with van der Waals surface area (Å²) in [6, 6.07) is 5.68. The first-order chi connectivity index (χ1) is 14.4. The second-order valence-corrected chi connectivity index (χ2v) is 7.68. The third kappa shape index (κ3) is 3.48. The van der Waals surface area contributed by atoms with Crippen molar-refractivity contribution >= 4 is 17.5 Å². The molecule has 2 aliphatic heterocycles. The summed E-state index contributed by atoms with van der Waals surface area (Å²) in [6.07, 6.45) is 1.31. The number of amides is 1. The number of fused-ring (bicyclic) bond motifs is 2. The molecule has 6 nitrogen and oxygen atoms in total. The Bertz CT molecular complexity index is 993. The van der Waals surface area contributed by atoms with Gasteiger partial charge in [0.15, 0.2) is 0 Å². The molecule has 1 fully saturated rings. The number of nitrogens with zero attached hydrogens (tertiary/aromatic N) is 2. The van der Waals surface area contributed by atoms with Gasteiger partial charge in [-0.15, -0.1) is 0 Å². The van der Waals surface area contributed by atoms with Gasteiger partial charge in [-0.1, -0.05) is 24.2 Å². The second-order valence-electron chi connectivity index (χ2n) is 7.31. The van der Waals surface area contributed by atoms with Crippen molar-refractivity contribution in [3.63, 3.8) is 0 Å². The smallest absolute Gasteiger partial charge is 0.246 e. The van der Waals surface area contributed by atoms with Gasteiger partial charge < -0.3 is 19.5 Å². The maximum atomic E-state index is 14.5. The molecular formula is C22H22ClFN2O4. The molecule has 8 heteroatoms. The van der Waals surface area contributed by atoms with Gasteiger partial charge in [-0.2, -0.15) is 0 Å². The number of benzene rings is 2. The highest BCUT2D eigenvalue weighted by molar-refractivity contribution is 6.35. The Kier molecular flexibility index (Phi) is 5.58. The molecular weight excluding hydrogens is 411 g/mol. The fourth-order valence-corrected chi connectivity index (χ4v) is 4.38. The molecule has 2 aromatic rings. The van der Waals surface area contributed by atoms with E-state index >= 15 is 0 Å². The normalized spacial score (nSPS) is 18.6. The summed E-state index contributed by atoms with van der Waals surface area (Å²) in [7, 11) is 1.53. The zero-order valence-corrected chi connectivity index (χ0v) is 17.3. The maximum absolute atomic E-state index is 14.5. The van der Waals surface area contributed by atoms with Gasteiger partial charge in [-0.05, 0) is 24.3 Å². The molecule has 0 aromatic heterocycles. The minimum atomic E-state index is -0.594. The average Bonchev–Trinajstić information content (AvgIpc) is 2.94. The van der Waals surface area contributed by atoms with Crippen LogP contribution in [0.5, 0.6) is 17.2 Å². The van der Waals surface area contributed by atoms with E-state index in [1.807, 2.05) is 0 Å². The molecule has 30 heavy (non-hydrogen) atoms. The molecule has 0 bridgehead atoms. The highest BCUT2D eigenvalue weighted by Crippen LogP contribution is 2.47. The van der Waals surface area contributed by atoms with Gasteiger partial charge in [0.05, 0.1) is 29.3 Å². The summed E-state index contributed by atoms with van der Waals surface area (Å²) in [5.74, 6) is -0.0154. The number of phenols is 1. The molecule has 2 aromatic carbocycles. The van der Waals surface area contributed by atoms with Crippen molar-refractivity contribution in [2.45, 2.75) is 12.6 Å². The summed E-state index contributed by atoms with van der Waals surface area (Å²) in [4.78, 5) is 16.0. The monoisotopic (exact) mass is 432 g/mol. The van der Waals surface area contributed by atoms with Crippen LogP contribution in [-0.4, -0.2) is 60.2 Å². The molecule has 4 rings (SSSR count). The van der Waals surface area contributed by atoms with Crippen LogP contribution in [0.15, 0.2) is 36.9 Å². The predicted molar refractivity (Wildman–Crippen MR) is 112 cm³/mol. The Morgan fingerprint density at radius 1 is 1.43 bits per heavy atom. The van der Waals surface area contributed by atoms with Gasteiger partial charge in [0.25, 0.3) is 0 Å². The van der Waals surface area contributed by atoms with Crippen LogP contribution in [0.4, 0.5) is 4.39 Å². The number of ether oxygens (including phenoxy) is 2. The van der Waals surface area contributed by atoms with E-state index in [0.717, 1.165) is 5.56 Å². The molecule has 0 spiro atoms. The number of phenolic OH excluding ortho intramolecular Hbond substituents is 1. The molecule has 0 radical (unpaired) electrons. The Morgan fingerprint density at radius 3 is 2.93 bits per heavy atom. The largest absolute Gasteiger partial charge is 0.507 e. The lowest BCUT2D eigenvalue weighted by Crippen LogP contribution is -2.55. The average molecular weight is 433 g/mol. The minimum absolute atomic E-state index is 0.00285. The van der Waals surface area contributed by atoms with Crippen LogP contribution >= 0.6 is 11.6 Å². The molecule has 2 heterocycles. The number of methoxy groups -OCH3 is 1. The van der Waals surface area contributed by atoms with E-state index in [1.54, 1.807) is 11.0 Å². The van der Waals surface area contributed by atoms with E-state index in [4.69, 9.17) is 21.1 Å². The van der Waals surface area contributed by atoms with Crippen molar-refractivity contribution in [3.8, 4) is 28.4 Å². The quantitative estimate of drug-likeness (QED) is 0.753. The number of rotatable bonds is 3. The highest BCUT2D eigenvalue weighted by Gasteiger charge is 2.35. The molecule has 1 amide bonds. The van der Waals surface area contributed by atoms with E-state index in [2.05, 4.69) is 11.5 Å². The van der Waals surface area contributed by atoms with E-state index in [0.29, 0.717) is 49.8 Å². The van der Waals surface area contributed by atoms with Crippen LogP contribution in [0.25, 0.3) is 11.1 Å². The van der Waals surface area contributed by atoms with E-state index in [9.17, 15) is 14.3 Å². The fourth-order valence-electron chi connectivity index (χ4n) is 4.06. The highest BCUT2D eigenvalue weighted by atomic mass is 35.5. The summed E-state index contributed by atoms with van der Waals surface area (Å²) >= 11 is 6.65. The van der Waals surface area contributed by atoms with Crippen molar-refractivity contribution in [1.82, 2.24) is 9.80 Å². The fraction of sp³-hybridized carbons (Fsp3) is 0.318. The SMILES string of the molecule is C=CC(=O)N1CCN2Cc3c(OC)cc(-c4c(O)cccc4F)c(Cl)c3OC[C@H]2C1. The molecule has 158 valence electrons. The Labute approximate surface area is 179 Å². The lowest BCUT2D eigenvalue weighted by atomic mass is 10.00. The standard InChI is InChI=1S/C22H22ClFN2O4/c1-3-19(28)26-8-7-25-11-15-18(29-2)9-14(20-16(24)5-4-6-17(20)27)21(23)22(15)30-12-13(25)10-26/h3-6,9,13,27H,1,7-8,10-12H2,2H3/t13-/m1/s1. The molecule has 1 atom stereocenters. The number of aromatic hydroxyl groups is 1. The second kappa shape index (κ2) is 8.16. The van der Waals surface area contributed by atoms with E-state index in [1.165, 1.54) is 31.4 Å². The summed E-state index contributed by atoms with van der Waals surface area (Å²) in [6.45, 7) is 6.16. The molecule has 2 aliphatic rings. The van der Waals surface area contributed by atoms with Gasteiger partial charge in [0, 0.05) is 31.7 Å².